The van der Waals surface area contributed by atoms with Gasteiger partial charge in [0.25, 0.3) is 0 Å². The Bertz CT molecular complexity index is 821. The van der Waals surface area contributed by atoms with E-state index in [1.165, 1.54) is 0 Å². The quantitative estimate of drug-likeness (QED) is 0.753. The van der Waals surface area contributed by atoms with Crippen molar-refractivity contribution in [1.82, 2.24) is 10.2 Å². The predicted octanol–water partition coefficient (Wildman–Crippen LogP) is 3.26. The maximum atomic E-state index is 14.6. The molecule has 2 fully saturated rings. The Kier molecular flexibility index (Phi) is 6.28. The van der Waals surface area contributed by atoms with Crippen LogP contribution in [0.1, 0.15) is 57.9 Å². The van der Waals surface area contributed by atoms with Gasteiger partial charge in [-0.1, -0.05) is 0 Å². The third-order valence-electron chi connectivity index (χ3n) is 5.04. The number of amides is 3. The Hall–Kier alpha value is -2.71. The Labute approximate surface area is 173 Å². The minimum atomic E-state index is -1.05. The number of rotatable bonds is 3. The minimum absolute atomic E-state index is 0.0248. The molecular weight excluding hydrogens is 398 g/mol. The van der Waals surface area contributed by atoms with Gasteiger partial charge in [0, 0.05) is 50.0 Å². The molecule has 1 atom stereocenters. The van der Waals surface area contributed by atoms with E-state index in [1.54, 1.807) is 25.7 Å². The van der Waals surface area contributed by atoms with Crippen molar-refractivity contribution in [1.29, 1.82) is 0 Å². The second-order valence-electron chi connectivity index (χ2n) is 8.59. The van der Waals surface area contributed by atoms with Crippen LogP contribution in [0.25, 0.3) is 0 Å². The number of hydrogen-bond donors (Lipinski definition) is 1. The standard InChI is InChI=1S/C21H26F2N2O5/c1-21(2,3)30-20(28)25-8-6-12(7-9-25)29-13-10-15(22)18(16(23)11-13)14-4-5-17(26)24-19(14)27/h10-12,14H,4-9H2,1-3H3,(H,24,26,27)/t14-/m1/s1. The van der Waals surface area contributed by atoms with Crippen LogP contribution >= 0.6 is 0 Å². The molecule has 1 aromatic carbocycles. The van der Waals surface area contributed by atoms with Crippen molar-refractivity contribution in [2.24, 2.45) is 0 Å². The van der Waals surface area contributed by atoms with E-state index < -0.39 is 41.1 Å². The van der Waals surface area contributed by atoms with E-state index in [0.29, 0.717) is 25.9 Å². The second-order valence-corrected chi connectivity index (χ2v) is 8.59. The van der Waals surface area contributed by atoms with Crippen molar-refractivity contribution >= 4 is 17.9 Å². The summed E-state index contributed by atoms with van der Waals surface area (Å²) in [4.78, 5) is 36.9. The fourth-order valence-corrected chi connectivity index (χ4v) is 3.61. The maximum absolute atomic E-state index is 14.6. The maximum Gasteiger partial charge on any atom is 0.410 e. The molecule has 164 valence electrons. The first-order valence-corrected chi connectivity index (χ1v) is 10.0. The van der Waals surface area contributed by atoms with Crippen molar-refractivity contribution in [3.63, 3.8) is 0 Å². The van der Waals surface area contributed by atoms with E-state index in [2.05, 4.69) is 5.32 Å². The molecule has 3 rings (SSSR count). The van der Waals surface area contributed by atoms with Crippen LogP contribution in [0.15, 0.2) is 12.1 Å². The lowest BCUT2D eigenvalue weighted by Crippen LogP contribution is -2.44. The first-order chi connectivity index (χ1) is 14.0. The lowest BCUT2D eigenvalue weighted by molar-refractivity contribution is -0.134. The zero-order valence-electron chi connectivity index (χ0n) is 17.3. The van der Waals surface area contributed by atoms with Crippen molar-refractivity contribution in [3.05, 3.63) is 29.3 Å². The van der Waals surface area contributed by atoms with Crippen LogP contribution in [-0.4, -0.2) is 47.6 Å². The van der Waals surface area contributed by atoms with Crippen LogP contribution in [0.4, 0.5) is 13.6 Å². The molecule has 0 unspecified atom stereocenters. The van der Waals surface area contributed by atoms with Gasteiger partial charge in [0.05, 0.1) is 5.92 Å². The Morgan fingerprint density at radius 1 is 1.10 bits per heavy atom. The van der Waals surface area contributed by atoms with Crippen LogP contribution in [0.5, 0.6) is 5.75 Å². The van der Waals surface area contributed by atoms with Crippen LogP contribution < -0.4 is 10.1 Å². The van der Waals surface area contributed by atoms with E-state index in [4.69, 9.17) is 9.47 Å². The average Bonchev–Trinajstić information content (AvgIpc) is 2.62. The summed E-state index contributed by atoms with van der Waals surface area (Å²) in [6.45, 7) is 6.21. The first-order valence-electron chi connectivity index (χ1n) is 10.0. The molecule has 0 bridgehead atoms. The summed E-state index contributed by atoms with van der Waals surface area (Å²) < 4.78 is 40.2. The van der Waals surface area contributed by atoms with Gasteiger partial charge in [-0.25, -0.2) is 13.6 Å². The number of hydrogen-bond acceptors (Lipinski definition) is 5. The van der Waals surface area contributed by atoms with Gasteiger partial charge in [-0.05, 0) is 27.2 Å². The third-order valence-corrected chi connectivity index (χ3v) is 5.04. The summed E-state index contributed by atoms with van der Waals surface area (Å²) in [5.74, 6) is -3.94. The first kappa shape index (κ1) is 22.0. The van der Waals surface area contributed by atoms with Crippen molar-refractivity contribution in [3.8, 4) is 5.75 Å². The lowest BCUT2D eigenvalue weighted by Gasteiger charge is -2.33. The molecule has 0 aromatic heterocycles. The SMILES string of the molecule is CC(C)(C)OC(=O)N1CCC(Oc2cc(F)c([C@H]3CCC(=O)NC3=O)c(F)c2)CC1. The van der Waals surface area contributed by atoms with E-state index >= 15 is 0 Å². The zero-order valence-corrected chi connectivity index (χ0v) is 17.3. The summed E-state index contributed by atoms with van der Waals surface area (Å²) in [5.41, 5.74) is -0.934. The molecule has 7 nitrogen and oxygen atoms in total. The fourth-order valence-electron chi connectivity index (χ4n) is 3.61. The molecule has 2 aliphatic heterocycles. The highest BCUT2D eigenvalue weighted by Crippen LogP contribution is 2.32. The predicted molar refractivity (Wildman–Crippen MR) is 103 cm³/mol. The molecule has 2 saturated heterocycles. The summed E-state index contributed by atoms with van der Waals surface area (Å²) in [7, 11) is 0. The highest BCUT2D eigenvalue weighted by molar-refractivity contribution is 6.01. The minimum Gasteiger partial charge on any atom is -0.490 e. The normalized spacial score (nSPS) is 20.7. The average molecular weight is 424 g/mol. The number of ether oxygens (including phenoxy) is 2. The number of carbonyl (C=O) groups excluding carboxylic acids is 3. The van der Waals surface area contributed by atoms with Gasteiger partial charge in [-0.2, -0.15) is 0 Å². The molecule has 0 radical (unpaired) electrons. The Morgan fingerprint density at radius 3 is 2.23 bits per heavy atom. The van der Waals surface area contributed by atoms with Gasteiger partial charge in [-0.15, -0.1) is 0 Å². The largest absolute Gasteiger partial charge is 0.490 e. The van der Waals surface area contributed by atoms with Crippen LogP contribution in [0, 0.1) is 11.6 Å². The summed E-state index contributed by atoms with van der Waals surface area (Å²) in [6.07, 6.45) is 0.385. The van der Waals surface area contributed by atoms with Crippen LogP contribution in [0.2, 0.25) is 0 Å². The van der Waals surface area contributed by atoms with Gasteiger partial charge in [0.1, 0.15) is 29.1 Å². The van der Waals surface area contributed by atoms with Crippen molar-refractivity contribution in [2.75, 3.05) is 13.1 Å². The fraction of sp³-hybridized carbons (Fsp3) is 0.571. The number of nitrogens with one attached hydrogen (secondary N) is 1. The van der Waals surface area contributed by atoms with Crippen molar-refractivity contribution < 1.29 is 32.6 Å². The number of piperidine rings is 2. The molecule has 2 heterocycles. The van der Waals surface area contributed by atoms with E-state index in [1.807, 2.05) is 0 Å². The van der Waals surface area contributed by atoms with Crippen LogP contribution in [-0.2, 0) is 14.3 Å². The summed E-state index contributed by atoms with van der Waals surface area (Å²) in [5, 5.41) is 2.10. The van der Waals surface area contributed by atoms with Gasteiger partial charge >= 0.3 is 6.09 Å². The second kappa shape index (κ2) is 8.57. The van der Waals surface area contributed by atoms with Gasteiger partial charge in [0.15, 0.2) is 0 Å². The molecule has 3 amide bonds. The smallest absolute Gasteiger partial charge is 0.410 e. The Morgan fingerprint density at radius 2 is 1.70 bits per heavy atom. The number of halogens is 2. The van der Waals surface area contributed by atoms with Gasteiger partial charge in [-0.3, -0.25) is 14.9 Å². The number of carbonyl (C=O) groups is 3. The summed E-state index contributed by atoms with van der Waals surface area (Å²) >= 11 is 0. The van der Waals surface area contributed by atoms with E-state index in [0.717, 1.165) is 12.1 Å². The number of likely N-dealkylation sites (tertiary alicyclic amines) is 1. The monoisotopic (exact) mass is 424 g/mol. The zero-order chi connectivity index (χ0) is 22.1. The highest BCUT2D eigenvalue weighted by atomic mass is 19.1. The Balaban J connectivity index is 1.61. The van der Waals surface area contributed by atoms with Crippen molar-refractivity contribution in [2.45, 2.75) is 64.1 Å². The van der Waals surface area contributed by atoms with Crippen LogP contribution in [0.3, 0.4) is 0 Å². The third kappa shape index (κ3) is 5.25. The molecule has 0 aliphatic carbocycles. The number of imide groups is 1. The molecule has 9 heteroatoms. The molecular formula is C21H26F2N2O5. The van der Waals surface area contributed by atoms with Gasteiger partial charge < -0.3 is 14.4 Å². The molecule has 1 aromatic rings. The van der Waals surface area contributed by atoms with Gasteiger partial charge in [0.2, 0.25) is 11.8 Å². The molecule has 30 heavy (non-hydrogen) atoms. The molecule has 0 saturated carbocycles. The lowest BCUT2D eigenvalue weighted by atomic mass is 9.89. The topological polar surface area (TPSA) is 84.9 Å². The van der Waals surface area contributed by atoms with E-state index in [-0.39, 0.29) is 30.3 Å². The summed E-state index contributed by atoms with van der Waals surface area (Å²) in [6, 6.07) is 2.12. The molecule has 2 aliphatic rings. The highest BCUT2D eigenvalue weighted by Gasteiger charge is 2.33. The number of nitrogens with zero attached hydrogens (tertiary/aromatic N) is 1. The molecule has 1 N–H and O–H groups in total. The molecule has 0 spiro atoms. The number of benzene rings is 1. The van der Waals surface area contributed by atoms with E-state index in [9.17, 15) is 23.2 Å².